The molecule has 16 heavy (non-hydrogen) atoms. The van der Waals surface area contributed by atoms with E-state index in [0.29, 0.717) is 6.54 Å². The van der Waals surface area contributed by atoms with Crippen molar-refractivity contribution in [2.45, 2.75) is 18.9 Å². The number of nitrogens with zero attached hydrogens (tertiary/aromatic N) is 1. The van der Waals surface area contributed by atoms with Gasteiger partial charge in [-0.25, -0.2) is 0 Å². The number of aryl methyl sites for hydroxylation is 1. The molecule has 1 aliphatic rings. The molecule has 88 valence electrons. The SMILES string of the molecule is Cc1ccc(Cl)cc1N1CCC(N)(CO)C1. The highest BCUT2D eigenvalue weighted by atomic mass is 35.5. The lowest BCUT2D eigenvalue weighted by Crippen LogP contribution is -2.46. The number of aliphatic hydroxyl groups excluding tert-OH is 1. The van der Waals surface area contributed by atoms with Gasteiger partial charge in [0, 0.05) is 23.8 Å². The average Bonchev–Trinajstić information content (AvgIpc) is 2.65. The maximum absolute atomic E-state index is 9.24. The Hall–Kier alpha value is -0.770. The van der Waals surface area contributed by atoms with E-state index in [1.54, 1.807) is 0 Å². The molecule has 0 spiro atoms. The summed E-state index contributed by atoms with van der Waals surface area (Å²) in [6, 6.07) is 5.85. The van der Waals surface area contributed by atoms with Gasteiger partial charge in [0.2, 0.25) is 0 Å². The first kappa shape index (κ1) is 11.7. The zero-order valence-electron chi connectivity index (χ0n) is 9.41. The Morgan fingerprint density at radius 1 is 1.56 bits per heavy atom. The molecule has 1 saturated heterocycles. The highest BCUT2D eigenvalue weighted by Gasteiger charge is 2.34. The Kier molecular flexibility index (Phi) is 3.10. The predicted octanol–water partition coefficient (Wildman–Crippen LogP) is 1.55. The summed E-state index contributed by atoms with van der Waals surface area (Å²) in [5.41, 5.74) is 7.89. The second-order valence-corrected chi connectivity index (χ2v) is 5.06. The molecular formula is C12H17ClN2O. The monoisotopic (exact) mass is 240 g/mol. The molecule has 1 atom stereocenters. The Morgan fingerprint density at radius 2 is 2.31 bits per heavy atom. The van der Waals surface area contributed by atoms with E-state index in [1.165, 1.54) is 5.56 Å². The van der Waals surface area contributed by atoms with Gasteiger partial charge in [0.15, 0.2) is 0 Å². The van der Waals surface area contributed by atoms with Crippen molar-refractivity contribution in [1.29, 1.82) is 0 Å². The molecule has 0 aliphatic carbocycles. The van der Waals surface area contributed by atoms with Gasteiger partial charge >= 0.3 is 0 Å². The van der Waals surface area contributed by atoms with Crippen LogP contribution in [0.4, 0.5) is 5.69 Å². The van der Waals surface area contributed by atoms with E-state index < -0.39 is 5.54 Å². The minimum atomic E-state index is -0.464. The third kappa shape index (κ3) is 2.17. The van der Waals surface area contributed by atoms with Crippen LogP contribution in [0.5, 0.6) is 0 Å². The number of rotatable bonds is 2. The fraction of sp³-hybridized carbons (Fsp3) is 0.500. The molecule has 0 aromatic heterocycles. The Bertz CT molecular complexity index is 397. The van der Waals surface area contributed by atoms with E-state index in [0.717, 1.165) is 23.7 Å². The molecule has 0 saturated carbocycles. The summed E-state index contributed by atoms with van der Waals surface area (Å²) in [5, 5.41) is 9.97. The van der Waals surface area contributed by atoms with Crippen LogP contribution in [-0.2, 0) is 0 Å². The largest absolute Gasteiger partial charge is 0.394 e. The smallest absolute Gasteiger partial charge is 0.0629 e. The van der Waals surface area contributed by atoms with Crippen molar-refractivity contribution < 1.29 is 5.11 Å². The maximum atomic E-state index is 9.24. The second-order valence-electron chi connectivity index (χ2n) is 4.62. The lowest BCUT2D eigenvalue weighted by molar-refractivity contribution is 0.210. The van der Waals surface area contributed by atoms with E-state index in [-0.39, 0.29) is 6.61 Å². The van der Waals surface area contributed by atoms with Gasteiger partial charge in [0.05, 0.1) is 12.1 Å². The lowest BCUT2D eigenvalue weighted by Gasteiger charge is -2.24. The number of benzene rings is 1. The quantitative estimate of drug-likeness (QED) is 0.825. The average molecular weight is 241 g/mol. The van der Waals surface area contributed by atoms with Crippen LogP contribution in [0.15, 0.2) is 18.2 Å². The van der Waals surface area contributed by atoms with Crippen LogP contribution in [0.25, 0.3) is 0 Å². The van der Waals surface area contributed by atoms with Gasteiger partial charge in [-0.05, 0) is 31.0 Å². The normalized spacial score (nSPS) is 25.1. The van der Waals surface area contributed by atoms with Crippen molar-refractivity contribution in [2.75, 3.05) is 24.6 Å². The van der Waals surface area contributed by atoms with Crippen molar-refractivity contribution in [2.24, 2.45) is 5.73 Å². The lowest BCUT2D eigenvalue weighted by atomic mass is 10.0. The molecule has 4 heteroatoms. The number of nitrogens with two attached hydrogens (primary N) is 1. The molecule has 3 nitrogen and oxygen atoms in total. The minimum absolute atomic E-state index is 0.0309. The summed E-state index contributed by atoms with van der Waals surface area (Å²) in [6.07, 6.45) is 0.815. The van der Waals surface area contributed by atoms with Crippen LogP contribution in [0.1, 0.15) is 12.0 Å². The highest BCUT2D eigenvalue weighted by molar-refractivity contribution is 6.30. The van der Waals surface area contributed by atoms with Gasteiger partial charge < -0.3 is 15.7 Å². The third-order valence-corrected chi connectivity index (χ3v) is 3.45. The van der Waals surface area contributed by atoms with Gasteiger partial charge in [-0.2, -0.15) is 0 Å². The van der Waals surface area contributed by atoms with Crippen molar-refractivity contribution in [1.82, 2.24) is 0 Å². The summed E-state index contributed by atoms with van der Waals surface area (Å²) in [5.74, 6) is 0. The van der Waals surface area contributed by atoms with Crippen LogP contribution in [0, 0.1) is 6.92 Å². The Morgan fingerprint density at radius 3 is 2.94 bits per heavy atom. The summed E-state index contributed by atoms with van der Waals surface area (Å²) in [7, 11) is 0. The minimum Gasteiger partial charge on any atom is -0.394 e. The third-order valence-electron chi connectivity index (χ3n) is 3.21. The predicted molar refractivity (Wildman–Crippen MR) is 67.0 cm³/mol. The number of hydrogen-bond acceptors (Lipinski definition) is 3. The highest BCUT2D eigenvalue weighted by Crippen LogP contribution is 2.29. The van der Waals surface area contributed by atoms with Crippen molar-refractivity contribution in [3.8, 4) is 0 Å². The fourth-order valence-corrected chi connectivity index (χ4v) is 2.32. The molecule has 3 N–H and O–H groups in total. The van der Waals surface area contributed by atoms with E-state index in [1.807, 2.05) is 18.2 Å². The molecule has 1 aromatic rings. The van der Waals surface area contributed by atoms with Gasteiger partial charge in [-0.15, -0.1) is 0 Å². The standard InChI is InChI=1S/C12H17ClN2O/c1-9-2-3-10(13)6-11(9)15-5-4-12(14,7-15)8-16/h2-3,6,16H,4-5,7-8,14H2,1H3. The molecule has 1 fully saturated rings. The summed E-state index contributed by atoms with van der Waals surface area (Å²) >= 11 is 5.99. The second kappa shape index (κ2) is 4.24. The van der Waals surface area contributed by atoms with Gasteiger partial charge in [-0.1, -0.05) is 17.7 Å². The van der Waals surface area contributed by atoms with Crippen LogP contribution in [-0.4, -0.2) is 30.3 Å². The van der Waals surface area contributed by atoms with E-state index in [9.17, 15) is 5.11 Å². The topological polar surface area (TPSA) is 49.5 Å². The molecule has 0 radical (unpaired) electrons. The van der Waals surface area contributed by atoms with Crippen LogP contribution in [0.2, 0.25) is 5.02 Å². The van der Waals surface area contributed by atoms with Gasteiger partial charge in [0.25, 0.3) is 0 Å². The molecule has 1 aliphatic heterocycles. The first-order valence-corrected chi connectivity index (χ1v) is 5.83. The molecule has 0 bridgehead atoms. The van der Waals surface area contributed by atoms with Gasteiger partial charge in [0.1, 0.15) is 0 Å². The molecule has 1 aromatic carbocycles. The van der Waals surface area contributed by atoms with Crippen LogP contribution < -0.4 is 10.6 Å². The number of anilines is 1. The van der Waals surface area contributed by atoms with E-state index >= 15 is 0 Å². The van der Waals surface area contributed by atoms with E-state index in [4.69, 9.17) is 17.3 Å². The summed E-state index contributed by atoms with van der Waals surface area (Å²) < 4.78 is 0. The first-order chi connectivity index (χ1) is 7.54. The maximum Gasteiger partial charge on any atom is 0.0629 e. The number of halogens is 1. The van der Waals surface area contributed by atoms with E-state index in [2.05, 4.69) is 11.8 Å². The van der Waals surface area contributed by atoms with Crippen molar-refractivity contribution in [3.63, 3.8) is 0 Å². The molecule has 0 amide bonds. The zero-order valence-corrected chi connectivity index (χ0v) is 10.2. The van der Waals surface area contributed by atoms with Crippen LogP contribution >= 0.6 is 11.6 Å². The first-order valence-electron chi connectivity index (χ1n) is 5.45. The van der Waals surface area contributed by atoms with Crippen LogP contribution in [0.3, 0.4) is 0 Å². The fourth-order valence-electron chi connectivity index (χ4n) is 2.15. The van der Waals surface area contributed by atoms with Crippen molar-refractivity contribution >= 4 is 17.3 Å². The summed E-state index contributed by atoms with van der Waals surface area (Å²) in [4.78, 5) is 2.19. The molecular weight excluding hydrogens is 224 g/mol. The Balaban J connectivity index is 2.23. The van der Waals surface area contributed by atoms with Crippen molar-refractivity contribution in [3.05, 3.63) is 28.8 Å². The number of aliphatic hydroxyl groups is 1. The number of hydrogen-bond donors (Lipinski definition) is 2. The summed E-state index contributed by atoms with van der Waals surface area (Å²) in [6.45, 7) is 3.65. The molecule has 1 heterocycles. The molecule has 2 rings (SSSR count). The Labute approximate surface area is 101 Å². The zero-order chi connectivity index (χ0) is 11.8. The van der Waals surface area contributed by atoms with Gasteiger partial charge in [-0.3, -0.25) is 0 Å². The molecule has 1 unspecified atom stereocenters.